The number of aliphatic carboxylic acids is 1. The van der Waals surface area contributed by atoms with Gasteiger partial charge in [-0.15, -0.1) is 0 Å². The maximum Gasteiger partial charge on any atom is 0.328 e. The minimum Gasteiger partial charge on any atom is -0.496 e. The second kappa shape index (κ2) is 9.74. The summed E-state index contributed by atoms with van der Waals surface area (Å²) in [4.78, 5) is 11.1. The fraction of sp³-hybridized carbons (Fsp3) is 0.364. The highest BCUT2D eigenvalue weighted by Crippen LogP contribution is 2.62. The molecule has 3 aromatic rings. The first-order valence-corrected chi connectivity index (χ1v) is 13.4. The first kappa shape index (κ1) is 23.8. The Bertz CT molecular complexity index is 1290. The van der Waals surface area contributed by atoms with Gasteiger partial charge in [-0.2, -0.15) is 0 Å². The standard InChI is InChI=1S/C33H34O4/c1-36-30-10-7-26(16-28(30)9-12-32(34)35)27-8-11-31(37-21-22-5-3-2-4-6-22)29(17-27)33-18-23-13-24(19-33)15-25(14-23)20-33/h2-12,16-17,23-25H,13-15,18-21H2,1H3,(H,34,35). The highest BCUT2D eigenvalue weighted by atomic mass is 16.5. The number of ether oxygens (including phenoxy) is 2. The molecule has 4 aliphatic rings. The van der Waals surface area contributed by atoms with Crippen molar-refractivity contribution in [3.63, 3.8) is 0 Å². The van der Waals surface area contributed by atoms with Crippen molar-refractivity contribution in [1.82, 2.24) is 0 Å². The minimum absolute atomic E-state index is 0.190. The van der Waals surface area contributed by atoms with Crippen LogP contribution in [0.1, 0.15) is 55.2 Å². The number of benzene rings is 3. The molecule has 7 rings (SSSR count). The van der Waals surface area contributed by atoms with Gasteiger partial charge in [0.05, 0.1) is 7.11 Å². The molecule has 0 saturated heterocycles. The average Bonchev–Trinajstić information content (AvgIpc) is 2.90. The van der Waals surface area contributed by atoms with Gasteiger partial charge in [-0.25, -0.2) is 4.79 Å². The molecule has 0 amide bonds. The summed E-state index contributed by atoms with van der Waals surface area (Å²) in [6.45, 7) is 0.562. The van der Waals surface area contributed by atoms with E-state index in [2.05, 4.69) is 48.5 Å². The first-order chi connectivity index (χ1) is 18.0. The third kappa shape index (κ3) is 4.77. The fourth-order valence-electron chi connectivity index (χ4n) is 7.63. The summed E-state index contributed by atoms with van der Waals surface area (Å²) in [6.07, 6.45) is 10.7. The predicted octanol–water partition coefficient (Wildman–Crippen LogP) is 7.51. The normalized spacial score (nSPS) is 25.9. The number of carboxylic acid groups (broad SMARTS) is 1. The number of carboxylic acids is 1. The van der Waals surface area contributed by atoms with Gasteiger partial charge in [0, 0.05) is 17.2 Å². The number of hydrogen-bond donors (Lipinski definition) is 1. The Balaban J connectivity index is 1.40. The molecule has 4 nitrogen and oxygen atoms in total. The molecule has 0 unspecified atom stereocenters. The number of rotatable bonds is 8. The Labute approximate surface area is 218 Å². The first-order valence-electron chi connectivity index (χ1n) is 13.4. The summed E-state index contributed by atoms with van der Waals surface area (Å²) in [5, 5.41) is 9.13. The Morgan fingerprint density at radius 2 is 1.51 bits per heavy atom. The van der Waals surface area contributed by atoms with E-state index in [4.69, 9.17) is 14.6 Å². The summed E-state index contributed by atoms with van der Waals surface area (Å²) in [7, 11) is 1.61. The molecule has 4 heteroatoms. The topological polar surface area (TPSA) is 55.8 Å². The van der Waals surface area contributed by atoms with Gasteiger partial charge in [0.2, 0.25) is 0 Å². The van der Waals surface area contributed by atoms with Gasteiger partial charge < -0.3 is 14.6 Å². The SMILES string of the molecule is COc1ccc(-c2ccc(OCc3ccccc3)c(C34CC5CC(CC(C5)C3)C4)c2)cc1C=CC(=O)O. The number of carbonyl (C=O) groups is 1. The van der Waals surface area contributed by atoms with Gasteiger partial charge in [0.15, 0.2) is 0 Å². The van der Waals surface area contributed by atoms with Crippen molar-refractivity contribution < 1.29 is 19.4 Å². The quantitative estimate of drug-likeness (QED) is 0.329. The summed E-state index contributed by atoms with van der Waals surface area (Å²) in [5.74, 6) is 3.21. The van der Waals surface area contributed by atoms with Crippen LogP contribution in [0.5, 0.6) is 11.5 Å². The van der Waals surface area contributed by atoms with Crippen LogP contribution in [-0.4, -0.2) is 18.2 Å². The van der Waals surface area contributed by atoms with E-state index in [1.165, 1.54) is 49.7 Å². The van der Waals surface area contributed by atoms with Crippen LogP contribution < -0.4 is 9.47 Å². The molecule has 4 saturated carbocycles. The summed E-state index contributed by atoms with van der Waals surface area (Å²) in [5.41, 5.74) is 5.65. The van der Waals surface area contributed by atoms with E-state index in [0.29, 0.717) is 12.4 Å². The number of hydrogen-bond acceptors (Lipinski definition) is 3. The maximum atomic E-state index is 11.1. The summed E-state index contributed by atoms with van der Waals surface area (Å²) < 4.78 is 12.0. The fourth-order valence-corrected chi connectivity index (χ4v) is 7.63. The van der Waals surface area contributed by atoms with Gasteiger partial charge in [-0.3, -0.25) is 0 Å². The van der Waals surface area contributed by atoms with E-state index in [1.807, 2.05) is 18.2 Å². The van der Waals surface area contributed by atoms with Gasteiger partial charge in [-0.05, 0) is 109 Å². The van der Waals surface area contributed by atoms with Crippen molar-refractivity contribution in [2.75, 3.05) is 7.11 Å². The van der Waals surface area contributed by atoms with Crippen LogP contribution in [-0.2, 0) is 16.8 Å². The third-order valence-electron chi connectivity index (χ3n) is 8.79. The molecular weight excluding hydrogens is 460 g/mol. The molecule has 0 aromatic heterocycles. The van der Waals surface area contributed by atoms with Crippen molar-refractivity contribution in [2.24, 2.45) is 17.8 Å². The smallest absolute Gasteiger partial charge is 0.328 e. The molecule has 0 atom stereocenters. The molecule has 4 fully saturated rings. The Kier molecular flexibility index (Phi) is 6.27. The van der Waals surface area contributed by atoms with Crippen LogP contribution in [0.15, 0.2) is 72.8 Å². The average molecular weight is 495 g/mol. The largest absolute Gasteiger partial charge is 0.496 e. The molecule has 4 bridgehead atoms. The summed E-state index contributed by atoms with van der Waals surface area (Å²) >= 11 is 0. The maximum absolute atomic E-state index is 11.1. The van der Waals surface area contributed by atoms with Gasteiger partial charge in [-0.1, -0.05) is 42.5 Å². The lowest BCUT2D eigenvalue weighted by Crippen LogP contribution is -2.48. The Morgan fingerprint density at radius 1 is 0.892 bits per heavy atom. The van der Waals surface area contributed by atoms with E-state index in [0.717, 1.165) is 46.3 Å². The second-order valence-electron chi connectivity index (χ2n) is 11.3. The van der Waals surface area contributed by atoms with Crippen molar-refractivity contribution in [3.05, 3.63) is 89.5 Å². The zero-order valence-electron chi connectivity index (χ0n) is 21.4. The zero-order valence-corrected chi connectivity index (χ0v) is 21.4. The van der Waals surface area contributed by atoms with Crippen molar-refractivity contribution in [1.29, 1.82) is 0 Å². The highest BCUT2D eigenvalue weighted by molar-refractivity contribution is 5.86. The van der Waals surface area contributed by atoms with E-state index < -0.39 is 5.97 Å². The van der Waals surface area contributed by atoms with E-state index in [9.17, 15) is 4.79 Å². The van der Waals surface area contributed by atoms with Crippen LogP contribution in [0, 0.1) is 17.8 Å². The lowest BCUT2D eigenvalue weighted by molar-refractivity contribution is -0.131. The predicted molar refractivity (Wildman–Crippen MR) is 146 cm³/mol. The monoisotopic (exact) mass is 494 g/mol. The van der Waals surface area contributed by atoms with Crippen molar-refractivity contribution in [2.45, 2.75) is 50.5 Å². The van der Waals surface area contributed by atoms with E-state index in [1.54, 1.807) is 13.2 Å². The van der Waals surface area contributed by atoms with Crippen LogP contribution in [0.25, 0.3) is 17.2 Å². The van der Waals surface area contributed by atoms with Crippen molar-refractivity contribution >= 4 is 12.0 Å². The highest BCUT2D eigenvalue weighted by Gasteiger charge is 2.52. The van der Waals surface area contributed by atoms with Gasteiger partial charge in [0.25, 0.3) is 0 Å². The second-order valence-corrected chi connectivity index (χ2v) is 11.3. The lowest BCUT2D eigenvalue weighted by atomic mass is 9.48. The Morgan fingerprint density at radius 3 is 2.14 bits per heavy atom. The third-order valence-corrected chi connectivity index (χ3v) is 8.79. The molecule has 190 valence electrons. The van der Waals surface area contributed by atoms with Gasteiger partial charge in [0.1, 0.15) is 18.1 Å². The molecule has 3 aromatic carbocycles. The van der Waals surface area contributed by atoms with E-state index >= 15 is 0 Å². The van der Waals surface area contributed by atoms with Gasteiger partial charge >= 0.3 is 5.97 Å². The van der Waals surface area contributed by atoms with E-state index in [-0.39, 0.29) is 5.41 Å². The van der Waals surface area contributed by atoms with Crippen LogP contribution in [0.3, 0.4) is 0 Å². The molecule has 1 N–H and O–H groups in total. The molecule has 0 radical (unpaired) electrons. The van der Waals surface area contributed by atoms with Crippen LogP contribution in [0.2, 0.25) is 0 Å². The molecule has 0 heterocycles. The molecule has 0 spiro atoms. The number of methoxy groups -OCH3 is 1. The van der Waals surface area contributed by atoms with Crippen LogP contribution in [0.4, 0.5) is 0 Å². The lowest BCUT2D eigenvalue weighted by Gasteiger charge is -2.57. The molecule has 4 aliphatic carbocycles. The molecule has 0 aliphatic heterocycles. The molecule has 37 heavy (non-hydrogen) atoms. The van der Waals surface area contributed by atoms with Crippen molar-refractivity contribution in [3.8, 4) is 22.6 Å². The van der Waals surface area contributed by atoms with Crippen LogP contribution >= 0.6 is 0 Å². The zero-order chi connectivity index (χ0) is 25.4. The Hall–Kier alpha value is -3.53. The molecular formula is C33H34O4. The minimum atomic E-state index is -0.975. The summed E-state index contributed by atoms with van der Waals surface area (Å²) in [6, 6.07) is 23.0.